The molecular weight excluding hydrogens is 269 g/mol. The van der Waals surface area contributed by atoms with E-state index >= 15 is 0 Å². The van der Waals surface area contributed by atoms with Gasteiger partial charge in [0.15, 0.2) is 11.6 Å². The second kappa shape index (κ2) is 8.31. The number of hydrogen-bond donors (Lipinski definition) is 1. The molecule has 0 atom stereocenters. The minimum atomic E-state index is -0.399. The fraction of sp³-hybridized carbons (Fsp3) is 0.471. The third kappa shape index (κ3) is 5.47. The molecule has 1 aliphatic carbocycles. The normalized spacial score (nSPS) is 14.3. The summed E-state index contributed by atoms with van der Waals surface area (Å²) in [6, 6.07) is 6.20. The Morgan fingerprint density at radius 1 is 1.29 bits per heavy atom. The molecule has 3 nitrogen and oxygen atoms in total. The van der Waals surface area contributed by atoms with Gasteiger partial charge in [-0.25, -0.2) is 4.39 Å². The molecule has 1 amide bonds. The van der Waals surface area contributed by atoms with Crippen LogP contribution in [-0.4, -0.2) is 19.1 Å². The zero-order valence-electron chi connectivity index (χ0n) is 12.0. The largest absolute Gasteiger partial charge is 0.478 e. The van der Waals surface area contributed by atoms with Crippen molar-refractivity contribution in [2.75, 3.05) is 13.2 Å². The summed E-state index contributed by atoms with van der Waals surface area (Å²) in [5.74, 6) is 5.96. The van der Waals surface area contributed by atoms with Crippen LogP contribution in [0, 0.1) is 23.6 Å². The number of carbonyl (C=O) groups excluding carboxylic acids is 1. The van der Waals surface area contributed by atoms with Crippen molar-refractivity contribution in [1.29, 1.82) is 0 Å². The highest BCUT2D eigenvalue weighted by atomic mass is 19.1. The van der Waals surface area contributed by atoms with Crippen molar-refractivity contribution in [2.45, 2.75) is 32.1 Å². The lowest BCUT2D eigenvalue weighted by Gasteiger charge is -2.07. The van der Waals surface area contributed by atoms with E-state index in [0.717, 1.165) is 12.8 Å². The van der Waals surface area contributed by atoms with Gasteiger partial charge in [0.1, 0.15) is 6.61 Å². The number of benzene rings is 1. The molecule has 0 radical (unpaired) electrons. The van der Waals surface area contributed by atoms with Crippen molar-refractivity contribution in [2.24, 2.45) is 5.92 Å². The van der Waals surface area contributed by atoms with Crippen molar-refractivity contribution < 1.29 is 13.9 Å². The van der Waals surface area contributed by atoms with Gasteiger partial charge in [0.25, 0.3) is 0 Å². The smallest absolute Gasteiger partial charge is 0.221 e. The van der Waals surface area contributed by atoms with E-state index in [1.54, 1.807) is 18.2 Å². The molecule has 21 heavy (non-hydrogen) atoms. The average molecular weight is 289 g/mol. The second-order valence-corrected chi connectivity index (χ2v) is 5.20. The molecule has 1 N–H and O–H groups in total. The van der Waals surface area contributed by atoms with Gasteiger partial charge in [-0.3, -0.25) is 4.79 Å². The predicted molar refractivity (Wildman–Crippen MR) is 79.3 cm³/mol. The molecule has 2 rings (SSSR count). The Kier molecular flexibility index (Phi) is 6.08. The van der Waals surface area contributed by atoms with Gasteiger partial charge in [0.2, 0.25) is 5.91 Å². The van der Waals surface area contributed by atoms with Crippen LogP contribution in [0.3, 0.4) is 0 Å². The molecule has 112 valence electrons. The number of hydrogen-bond acceptors (Lipinski definition) is 2. The van der Waals surface area contributed by atoms with E-state index in [1.165, 1.54) is 18.9 Å². The van der Waals surface area contributed by atoms with Crippen LogP contribution in [0.1, 0.15) is 32.1 Å². The molecule has 0 heterocycles. The first kappa shape index (κ1) is 15.4. The molecule has 0 bridgehead atoms. The highest BCUT2D eigenvalue weighted by Crippen LogP contribution is 2.27. The van der Waals surface area contributed by atoms with Crippen LogP contribution >= 0.6 is 0 Å². The average Bonchev–Trinajstić information content (AvgIpc) is 2.97. The number of amides is 1. The molecule has 0 aromatic heterocycles. The molecule has 0 saturated heterocycles. The fourth-order valence-electron chi connectivity index (χ4n) is 2.48. The van der Waals surface area contributed by atoms with Gasteiger partial charge in [-0.05, 0) is 30.9 Å². The second-order valence-electron chi connectivity index (χ2n) is 5.20. The third-order valence-electron chi connectivity index (χ3n) is 3.58. The van der Waals surface area contributed by atoms with Gasteiger partial charge < -0.3 is 10.1 Å². The molecular formula is C17H20FNO2. The Morgan fingerprint density at radius 2 is 2.05 bits per heavy atom. The minimum Gasteiger partial charge on any atom is -0.478 e. The Labute approximate surface area is 124 Å². The van der Waals surface area contributed by atoms with Crippen LogP contribution in [-0.2, 0) is 4.79 Å². The van der Waals surface area contributed by atoms with Gasteiger partial charge in [0, 0.05) is 6.42 Å². The van der Waals surface area contributed by atoms with E-state index in [0.29, 0.717) is 18.9 Å². The van der Waals surface area contributed by atoms with Crippen LogP contribution in [0.15, 0.2) is 24.3 Å². The number of halogens is 1. The first-order chi connectivity index (χ1) is 10.3. The fourth-order valence-corrected chi connectivity index (χ4v) is 2.48. The Morgan fingerprint density at radius 3 is 2.81 bits per heavy atom. The topological polar surface area (TPSA) is 38.3 Å². The number of rotatable bonds is 5. The number of carbonyl (C=O) groups is 1. The maximum atomic E-state index is 13.2. The summed E-state index contributed by atoms with van der Waals surface area (Å²) in [4.78, 5) is 11.6. The van der Waals surface area contributed by atoms with Crippen molar-refractivity contribution in [3.8, 4) is 17.6 Å². The van der Waals surface area contributed by atoms with E-state index < -0.39 is 5.82 Å². The third-order valence-corrected chi connectivity index (χ3v) is 3.58. The Bertz CT molecular complexity index is 527. The standard InChI is InChI=1S/C17H20FNO2/c18-15-9-3-4-10-16(15)21-12-6-5-11-19-17(20)13-14-7-1-2-8-14/h3-4,9-10,14H,1-2,7-8,11-13H2,(H,19,20). The van der Waals surface area contributed by atoms with Gasteiger partial charge in [-0.1, -0.05) is 36.8 Å². The summed E-state index contributed by atoms with van der Waals surface area (Å²) in [5, 5.41) is 2.78. The summed E-state index contributed by atoms with van der Waals surface area (Å²) in [6.45, 7) is 0.422. The molecule has 1 saturated carbocycles. The van der Waals surface area contributed by atoms with Crippen LogP contribution < -0.4 is 10.1 Å². The zero-order chi connectivity index (χ0) is 14.9. The first-order valence-electron chi connectivity index (χ1n) is 7.35. The molecule has 0 spiro atoms. The van der Waals surface area contributed by atoms with Gasteiger partial charge in [-0.2, -0.15) is 0 Å². The van der Waals surface area contributed by atoms with Crippen molar-refractivity contribution >= 4 is 5.91 Å². The lowest BCUT2D eigenvalue weighted by Crippen LogP contribution is -2.25. The highest BCUT2D eigenvalue weighted by Gasteiger charge is 2.17. The van der Waals surface area contributed by atoms with Crippen LogP contribution in [0.4, 0.5) is 4.39 Å². The first-order valence-corrected chi connectivity index (χ1v) is 7.35. The summed E-state index contributed by atoms with van der Waals surface area (Å²) in [7, 11) is 0. The molecule has 4 heteroatoms. The van der Waals surface area contributed by atoms with E-state index in [4.69, 9.17) is 4.74 Å². The molecule has 1 aromatic carbocycles. The summed E-state index contributed by atoms with van der Waals surface area (Å²) in [5.41, 5.74) is 0. The summed E-state index contributed by atoms with van der Waals surface area (Å²) in [6.07, 6.45) is 5.41. The maximum Gasteiger partial charge on any atom is 0.221 e. The molecule has 1 aromatic rings. The quantitative estimate of drug-likeness (QED) is 0.846. The highest BCUT2D eigenvalue weighted by molar-refractivity contribution is 5.76. The minimum absolute atomic E-state index is 0.0613. The maximum absolute atomic E-state index is 13.2. The van der Waals surface area contributed by atoms with Crippen LogP contribution in [0.25, 0.3) is 0 Å². The van der Waals surface area contributed by atoms with Gasteiger partial charge in [0.05, 0.1) is 6.54 Å². The monoisotopic (exact) mass is 289 g/mol. The van der Waals surface area contributed by atoms with Gasteiger partial charge in [-0.15, -0.1) is 0 Å². The van der Waals surface area contributed by atoms with E-state index in [9.17, 15) is 9.18 Å². The lowest BCUT2D eigenvalue weighted by molar-refractivity contribution is -0.121. The van der Waals surface area contributed by atoms with E-state index in [2.05, 4.69) is 17.2 Å². The van der Waals surface area contributed by atoms with Crippen molar-refractivity contribution in [3.05, 3.63) is 30.1 Å². The van der Waals surface area contributed by atoms with Crippen LogP contribution in [0.5, 0.6) is 5.75 Å². The van der Waals surface area contributed by atoms with Crippen molar-refractivity contribution in [1.82, 2.24) is 5.32 Å². The van der Waals surface area contributed by atoms with Crippen LogP contribution in [0.2, 0.25) is 0 Å². The van der Waals surface area contributed by atoms with Gasteiger partial charge >= 0.3 is 0 Å². The number of para-hydroxylation sites is 1. The SMILES string of the molecule is O=C(CC1CCCC1)NCC#CCOc1ccccc1F. The zero-order valence-corrected chi connectivity index (χ0v) is 12.0. The molecule has 1 aliphatic rings. The Balaban J connectivity index is 1.60. The van der Waals surface area contributed by atoms with E-state index in [1.807, 2.05) is 0 Å². The number of nitrogens with one attached hydrogen (secondary N) is 1. The van der Waals surface area contributed by atoms with Crippen molar-refractivity contribution in [3.63, 3.8) is 0 Å². The molecule has 1 fully saturated rings. The molecule has 0 aliphatic heterocycles. The predicted octanol–water partition coefficient (Wildman–Crippen LogP) is 2.90. The van der Waals surface area contributed by atoms with E-state index in [-0.39, 0.29) is 18.3 Å². The molecule has 0 unspecified atom stereocenters. The Hall–Kier alpha value is -2.02. The summed E-state index contributed by atoms with van der Waals surface area (Å²) >= 11 is 0. The lowest BCUT2D eigenvalue weighted by atomic mass is 10.0. The summed E-state index contributed by atoms with van der Waals surface area (Å²) < 4.78 is 18.4. The number of ether oxygens (including phenoxy) is 1.